The Hall–Kier alpha value is -3.15. The lowest BCUT2D eigenvalue weighted by molar-refractivity contribution is 1.07. The highest BCUT2D eigenvalue weighted by molar-refractivity contribution is 5.67. The summed E-state index contributed by atoms with van der Waals surface area (Å²) in [4.78, 5) is 18.5. The molecule has 23 heavy (non-hydrogen) atoms. The second kappa shape index (κ2) is 6.31. The van der Waals surface area contributed by atoms with E-state index >= 15 is 0 Å². The van der Waals surface area contributed by atoms with Crippen molar-refractivity contribution >= 4 is 11.4 Å². The fourth-order valence-corrected chi connectivity index (χ4v) is 2.24. The second-order valence-corrected chi connectivity index (χ2v) is 5.27. The molecule has 0 aliphatic rings. The van der Waals surface area contributed by atoms with Gasteiger partial charge in [-0.2, -0.15) is 5.10 Å². The van der Waals surface area contributed by atoms with E-state index in [1.807, 2.05) is 38.2 Å². The summed E-state index contributed by atoms with van der Waals surface area (Å²) in [5.41, 5.74) is 4.61. The van der Waals surface area contributed by atoms with Gasteiger partial charge in [0.25, 0.3) is 0 Å². The summed E-state index contributed by atoms with van der Waals surface area (Å²) in [5, 5.41) is 10.0. The van der Waals surface area contributed by atoms with Gasteiger partial charge in [-0.3, -0.25) is 9.89 Å². The van der Waals surface area contributed by atoms with Crippen LogP contribution in [-0.4, -0.2) is 20.2 Å². The Labute approximate surface area is 133 Å². The molecule has 0 bridgehead atoms. The largest absolute Gasteiger partial charge is 0.346 e. The van der Waals surface area contributed by atoms with Crippen LogP contribution in [0.2, 0.25) is 0 Å². The number of aromatic amines is 2. The fraction of sp³-hybridized carbons (Fsp3) is 0.118. The molecule has 0 aromatic carbocycles. The first kappa shape index (κ1) is 14.8. The van der Waals surface area contributed by atoms with Crippen LogP contribution in [0.5, 0.6) is 0 Å². The highest BCUT2D eigenvalue weighted by Crippen LogP contribution is 2.22. The molecule has 0 spiro atoms. The Morgan fingerprint density at radius 1 is 1.26 bits per heavy atom. The number of pyridine rings is 2. The first-order valence-electron chi connectivity index (χ1n) is 7.22. The average Bonchev–Trinajstić information content (AvgIpc) is 3.08. The van der Waals surface area contributed by atoms with E-state index in [4.69, 9.17) is 0 Å². The molecule has 6 heteroatoms. The average molecular weight is 307 g/mol. The van der Waals surface area contributed by atoms with Crippen molar-refractivity contribution in [1.82, 2.24) is 20.2 Å². The first-order chi connectivity index (χ1) is 11.1. The SMILES string of the molecule is C/C(=C\Nc1ncc(-c2cc[nH]c(=O)c2)cc1C)c1ccn[nH]1. The molecular weight excluding hydrogens is 290 g/mol. The summed E-state index contributed by atoms with van der Waals surface area (Å²) in [6, 6.07) is 7.33. The van der Waals surface area contributed by atoms with Gasteiger partial charge in [-0.1, -0.05) is 0 Å². The molecular formula is C17H17N5O. The molecule has 3 aromatic heterocycles. The molecule has 0 radical (unpaired) electrons. The van der Waals surface area contributed by atoms with Crippen LogP contribution in [0, 0.1) is 6.92 Å². The third-order valence-corrected chi connectivity index (χ3v) is 3.54. The van der Waals surface area contributed by atoms with Gasteiger partial charge in [-0.15, -0.1) is 0 Å². The normalized spacial score (nSPS) is 11.5. The van der Waals surface area contributed by atoms with Crippen molar-refractivity contribution in [3.63, 3.8) is 0 Å². The van der Waals surface area contributed by atoms with E-state index in [0.29, 0.717) is 0 Å². The highest BCUT2D eigenvalue weighted by atomic mass is 16.1. The summed E-state index contributed by atoms with van der Waals surface area (Å²) in [6.07, 6.45) is 6.99. The minimum atomic E-state index is -0.125. The summed E-state index contributed by atoms with van der Waals surface area (Å²) < 4.78 is 0. The number of hydrogen-bond acceptors (Lipinski definition) is 4. The molecule has 3 N–H and O–H groups in total. The van der Waals surface area contributed by atoms with Crippen molar-refractivity contribution in [3.8, 4) is 11.1 Å². The van der Waals surface area contributed by atoms with Gasteiger partial charge >= 0.3 is 0 Å². The minimum absolute atomic E-state index is 0.125. The quantitative estimate of drug-likeness (QED) is 0.691. The molecule has 3 aromatic rings. The molecule has 0 amide bonds. The van der Waals surface area contributed by atoms with Crippen molar-refractivity contribution < 1.29 is 0 Å². The van der Waals surface area contributed by atoms with Crippen molar-refractivity contribution in [2.45, 2.75) is 13.8 Å². The number of nitrogens with one attached hydrogen (secondary N) is 3. The Kier molecular flexibility index (Phi) is 4.05. The van der Waals surface area contributed by atoms with Gasteiger partial charge in [0.2, 0.25) is 5.56 Å². The standard InChI is InChI=1S/C17H17N5O/c1-11-7-14(13-3-5-18-16(23)8-13)10-20-17(11)19-9-12(2)15-4-6-21-22-15/h3-10H,1-2H3,(H,18,23)(H,19,20)(H,21,22)/b12-9+. The van der Waals surface area contributed by atoms with E-state index in [-0.39, 0.29) is 5.56 Å². The molecule has 0 fully saturated rings. The lowest BCUT2D eigenvalue weighted by Gasteiger charge is -2.08. The van der Waals surface area contributed by atoms with Crippen LogP contribution >= 0.6 is 0 Å². The predicted octanol–water partition coefficient (Wildman–Crippen LogP) is 2.94. The summed E-state index contributed by atoms with van der Waals surface area (Å²) >= 11 is 0. The van der Waals surface area contributed by atoms with Gasteiger partial charge in [-0.05, 0) is 48.7 Å². The van der Waals surface area contributed by atoms with E-state index in [9.17, 15) is 4.79 Å². The van der Waals surface area contributed by atoms with Gasteiger partial charge in [0.1, 0.15) is 5.82 Å². The van der Waals surface area contributed by atoms with Crippen molar-refractivity contribution in [2.75, 3.05) is 5.32 Å². The zero-order valence-corrected chi connectivity index (χ0v) is 12.9. The molecule has 3 heterocycles. The number of anilines is 1. The topological polar surface area (TPSA) is 86.5 Å². The van der Waals surface area contributed by atoms with Crippen molar-refractivity contribution in [2.24, 2.45) is 0 Å². The van der Waals surface area contributed by atoms with Gasteiger partial charge in [0.05, 0.1) is 5.69 Å². The van der Waals surface area contributed by atoms with Crippen LogP contribution in [0.4, 0.5) is 5.82 Å². The summed E-state index contributed by atoms with van der Waals surface area (Å²) in [5.74, 6) is 0.775. The number of nitrogens with zero attached hydrogens (tertiary/aromatic N) is 2. The minimum Gasteiger partial charge on any atom is -0.346 e. The molecule has 0 aliphatic carbocycles. The van der Waals surface area contributed by atoms with Crippen molar-refractivity contribution in [3.05, 3.63) is 70.7 Å². The lowest BCUT2D eigenvalue weighted by Crippen LogP contribution is -2.02. The van der Waals surface area contributed by atoms with Crippen LogP contribution in [0.1, 0.15) is 18.2 Å². The third kappa shape index (κ3) is 3.37. The van der Waals surface area contributed by atoms with Crippen LogP contribution < -0.4 is 10.9 Å². The number of rotatable bonds is 4. The van der Waals surface area contributed by atoms with E-state index in [0.717, 1.165) is 33.8 Å². The van der Waals surface area contributed by atoms with Gasteiger partial charge in [-0.25, -0.2) is 4.98 Å². The van der Waals surface area contributed by atoms with Gasteiger partial charge in [0.15, 0.2) is 0 Å². The zero-order chi connectivity index (χ0) is 16.2. The van der Waals surface area contributed by atoms with E-state index in [1.54, 1.807) is 24.7 Å². The smallest absolute Gasteiger partial charge is 0.248 e. The van der Waals surface area contributed by atoms with E-state index in [2.05, 4.69) is 25.5 Å². The molecule has 0 unspecified atom stereocenters. The van der Waals surface area contributed by atoms with Gasteiger partial charge in [0, 0.05) is 36.4 Å². The van der Waals surface area contributed by atoms with E-state index in [1.165, 1.54) is 0 Å². The maximum atomic E-state index is 11.4. The summed E-state index contributed by atoms with van der Waals surface area (Å²) in [7, 11) is 0. The van der Waals surface area contributed by atoms with Crippen LogP contribution in [0.15, 0.2) is 53.9 Å². The van der Waals surface area contributed by atoms with Crippen LogP contribution in [0.25, 0.3) is 16.7 Å². The van der Waals surface area contributed by atoms with Crippen molar-refractivity contribution in [1.29, 1.82) is 0 Å². The Bertz CT molecular complexity index is 893. The summed E-state index contributed by atoms with van der Waals surface area (Å²) in [6.45, 7) is 3.96. The molecule has 0 saturated heterocycles. The third-order valence-electron chi connectivity index (χ3n) is 3.54. The van der Waals surface area contributed by atoms with E-state index < -0.39 is 0 Å². The Morgan fingerprint density at radius 3 is 2.83 bits per heavy atom. The Morgan fingerprint density at radius 2 is 2.13 bits per heavy atom. The number of H-pyrrole nitrogens is 2. The Balaban J connectivity index is 1.83. The molecule has 6 nitrogen and oxygen atoms in total. The number of hydrogen-bond donors (Lipinski definition) is 3. The molecule has 0 atom stereocenters. The second-order valence-electron chi connectivity index (χ2n) is 5.27. The molecule has 3 rings (SSSR count). The predicted molar refractivity (Wildman–Crippen MR) is 90.9 cm³/mol. The molecule has 0 saturated carbocycles. The number of aromatic nitrogens is 4. The zero-order valence-electron chi connectivity index (χ0n) is 12.9. The fourth-order valence-electron chi connectivity index (χ4n) is 2.24. The monoisotopic (exact) mass is 307 g/mol. The first-order valence-corrected chi connectivity index (χ1v) is 7.22. The maximum absolute atomic E-state index is 11.4. The number of aryl methyl sites for hydroxylation is 1. The number of allylic oxidation sites excluding steroid dienone is 1. The van der Waals surface area contributed by atoms with Crippen LogP contribution in [-0.2, 0) is 0 Å². The van der Waals surface area contributed by atoms with Crippen LogP contribution in [0.3, 0.4) is 0 Å². The maximum Gasteiger partial charge on any atom is 0.248 e. The lowest BCUT2D eigenvalue weighted by atomic mass is 10.1. The molecule has 116 valence electrons. The highest BCUT2D eigenvalue weighted by Gasteiger charge is 2.04. The van der Waals surface area contributed by atoms with Gasteiger partial charge < -0.3 is 10.3 Å². The molecule has 0 aliphatic heterocycles.